The van der Waals surface area contributed by atoms with Crippen LogP contribution in [0.15, 0.2) is 12.1 Å². The number of halogens is 1. The van der Waals surface area contributed by atoms with Crippen LogP contribution in [0, 0.1) is 0 Å². The maximum atomic E-state index is 11.8. The number of aliphatic hydroxyl groups excluding tert-OH is 1. The second kappa shape index (κ2) is 7.61. The molecule has 0 bridgehead atoms. The number of rotatable bonds is 5. The Kier molecular flexibility index (Phi) is 5.98. The van der Waals surface area contributed by atoms with Crippen molar-refractivity contribution in [1.82, 2.24) is 5.32 Å². The molecule has 132 valence electrons. The Hall–Kier alpha value is -1.48. The van der Waals surface area contributed by atoms with Gasteiger partial charge in [0.05, 0.1) is 12.7 Å². The van der Waals surface area contributed by atoms with E-state index in [0.717, 1.165) is 0 Å². The third-order valence-electron chi connectivity index (χ3n) is 3.24. The van der Waals surface area contributed by atoms with Gasteiger partial charge in [-0.3, -0.25) is 0 Å². The number of nitrogens with one attached hydrogen (secondary N) is 1. The van der Waals surface area contributed by atoms with Crippen LogP contribution in [0.2, 0.25) is 5.02 Å². The summed E-state index contributed by atoms with van der Waals surface area (Å²) in [4.78, 5) is 11.8. The average Bonchev–Trinajstić information content (AvgIpc) is 2.81. The number of alkyl carbamates (subject to hydrolysis) is 1. The molecule has 2 rings (SSSR count). The Morgan fingerprint density at radius 2 is 2.17 bits per heavy atom. The van der Waals surface area contributed by atoms with Gasteiger partial charge in [0, 0.05) is 22.6 Å². The van der Waals surface area contributed by atoms with Gasteiger partial charge < -0.3 is 29.6 Å². The Balaban J connectivity index is 2.13. The lowest BCUT2D eigenvalue weighted by Gasteiger charge is -2.21. The van der Waals surface area contributed by atoms with Gasteiger partial charge in [-0.25, -0.2) is 4.79 Å². The van der Waals surface area contributed by atoms with E-state index in [4.69, 9.17) is 30.8 Å². The van der Waals surface area contributed by atoms with Crippen molar-refractivity contribution in [2.24, 2.45) is 0 Å². The normalized spacial score (nSPS) is 16.8. The fraction of sp³-hybridized carbons (Fsp3) is 0.533. The predicted octanol–water partition coefficient (Wildman–Crippen LogP) is 0.995. The van der Waals surface area contributed by atoms with Crippen LogP contribution in [0.25, 0.3) is 0 Å². The maximum absolute atomic E-state index is 11.8. The number of carbonyl (C=O) groups is 1. The summed E-state index contributed by atoms with van der Waals surface area (Å²) >= 11 is 6.22. The zero-order valence-electron chi connectivity index (χ0n) is 13.8. The highest BCUT2D eigenvalue weighted by molar-refractivity contribution is 6.63. The molecule has 1 heterocycles. The minimum atomic E-state index is -1.22. The van der Waals surface area contributed by atoms with Crippen LogP contribution in [0.3, 0.4) is 0 Å². The molecule has 1 atom stereocenters. The molecule has 1 aliphatic heterocycles. The van der Waals surface area contributed by atoms with Crippen LogP contribution in [-0.4, -0.2) is 48.7 Å². The molecule has 1 aromatic rings. The molecule has 0 aromatic heterocycles. The first-order chi connectivity index (χ1) is 11.2. The van der Waals surface area contributed by atoms with Crippen LogP contribution in [0.4, 0.5) is 4.79 Å². The number of hydrogen-bond acceptors (Lipinski definition) is 6. The van der Waals surface area contributed by atoms with Gasteiger partial charge in [0.1, 0.15) is 18.0 Å². The first-order valence-electron chi connectivity index (χ1n) is 7.59. The van der Waals surface area contributed by atoms with Gasteiger partial charge >= 0.3 is 13.2 Å². The minimum absolute atomic E-state index is 0.0849. The van der Waals surface area contributed by atoms with Crippen molar-refractivity contribution in [3.63, 3.8) is 0 Å². The minimum Gasteiger partial charge on any atom is -0.492 e. The summed E-state index contributed by atoms with van der Waals surface area (Å²) in [5, 5.41) is 22.0. The van der Waals surface area contributed by atoms with Crippen molar-refractivity contribution >= 4 is 30.3 Å². The zero-order valence-corrected chi connectivity index (χ0v) is 14.6. The maximum Gasteiger partial charge on any atom is 0.495 e. The Labute approximate surface area is 146 Å². The van der Waals surface area contributed by atoms with Crippen molar-refractivity contribution < 1.29 is 29.1 Å². The standard InChI is InChI=1S/C15H21BClNO6/c1-15(2,3)23-14(20)18-8-11-12-9(17)4-5-10(22-7-6-19)13(12)16(21)24-11/h4-5,11,19,21H,6-8H2,1-3H3,(H,18,20)/t11-/m0/s1. The highest BCUT2D eigenvalue weighted by Gasteiger charge is 2.40. The molecule has 0 fully saturated rings. The number of amides is 1. The van der Waals surface area contributed by atoms with E-state index >= 15 is 0 Å². The predicted molar refractivity (Wildman–Crippen MR) is 89.7 cm³/mol. The Bertz CT molecular complexity index is 606. The molecule has 7 nitrogen and oxygen atoms in total. The highest BCUT2D eigenvalue weighted by Crippen LogP contribution is 2.33. The van der Waals surface area contributed by atoms with E-state index in [9.17, 15) is 9.82 Å². The van der Waals surface area contributed by atoms with Crippen LogP contribution in [0.5, 0.6) is 5.75 Å². The van der Waals surface area contributed by atoms with E-state index in [0.29, 0.717) is 21.8 Å². The molecule has 0 saturated carbocycles. The molecule has 1 aliphatic rings. The van der Waals surface area contributed by atoms with E-state index in [2.05, 4.69) is 5.32 Å². The SMILES string of the molecule is CC(C)(C)OC(=O)NC[C@@H]1OB(O)c2c(OCCO)ccc(Cl)c21. The molecule has 1 aromatic carbocycles. The number of ether oxygens (including phenoxy) is 2. The largest absolute Gasteiger partial charge is 0.495 e. The molecule has 0 radical (unpaired) electrons. The molecule has 0 aliphatic carbocycles. The summed E-state index contributed by atoms with van der Waals surface area (Å²) in [5.74, 6) is 0.385. The first-order valence-corrected chi connectivity index (χ1v) is 7.97. The molecular weight excluding hydrogens is 336 g/mol. The number of aliphatic hydroxyl groups is 1. The number of benzene rings is 1. The van der Waals surface area contributed by atoms with Gasteiger partial charge in [-0.05, 0) is 32.9 Å². The number of carbonyl (C=O) groups excluding carboxylic acids is 1. The summed E-state index contributed by atoms with van der Waals surface area (Å²) in [6, 6.07) is 3.22. The van der Waals surface area contributed by atoms with Crippen molar-refractivity contribution in [2.45, 2.75) is 32.5 Å². The number of hydrogen-bond donors (Lipinski definition) is 3. The van der Waals surface area contributed by atoms with Crippen LogP contribution in [0.1, 0.15) is 32.4 Å². The fourth-order valence-electron chi connectivity index (χ4n) is 2.39. The van der Waals surface area contributed by atoms with Crippen molar-refractivity contribution in [2.75, 3.05) is 19.8 Å². The summed E-state index contributed by atoms with van der Waals surface area (Å²) in [6.07, 6.45) is -1.22. The molecule has 24 heavy (non-hydrogen) atoms. The molecule has 1 amide bonds. The average molecular weight is 358 g/mol. The van der Waals surface area contributed by atoms with Crippen LogP contribution >= 0.6 is 11.6 Å². The van der Waals surface area contributed by atoms with Gasteiger partial charge in [0.25, 0.3) is 0 Å². The van der Waals surface area contributed by atoms with E-state index in [1.165, 1.54) is 0 Å². The van der Waals surface area contributed by atoms with Crippen molar-refractivity contribution in [3.05, 3.63) is 22.7 Å². The zero-order chi connectivity index (χ0) is 17.9. The molecule has 0 spiro atoms. The lowest BCUT2D eigenvalue weighted by molar-refractivity contribution is 0.0498. The summed E-state index contributed by atoms with van der Waals surface area (Å²) in [6.45, 7) is 5.31. The van der Waals surface area contributed by atoms with E-state index in [1.54, 1.807) is 32.9 Å². The summed E-state index contributed by atoms with van der Waals surface area (Å²) < 4.78 is 16.0. The van der Waals surface area contributed by atoms with Crippen LogP contribution in [-0.2, 0) is 9.39 Å². The van der Waals surface area contributed by atoms with E-state index in [-0.39, 0.29) is 19.8 Å². The molecule has 0 saturated heterocycles. The lowest BCUT2D eigenvalue weighted by Crippen LogP contribution is -2.35. The summed E-state index contributed by atoms with van der Waals surface area (Å²) in [5.41, 5.74) is 0.351. The van der Waals surface area contributed by atoms with Gasteiger partial charge in [-0.1, -0.05) is 11.6 Å². The van der Waals surface area contributed by atoms with Crippen LogP contribution < -0.4 is 15.5 Å². The molecule has 9 heteroatoms. The third-order valence-corrected chi connectivity index (χ3v) is 3.57. The van der Waals surface area contributed by atoms with Gasteiger partial charge in [0.15, 0.2) is 0 Å². The highest BCUT2D eigenvalue weighted by atomic mass is 35.5. The molecule has 3 N–H and O–H groups in total. The number of fused-ring (bicyclic) bond motifs is 1. The first kappa shape index (κ1) is 18.9. The fourth-order valence-corrected chi connectivity index (χ4v) is 2.67. The third kappa shape index (κ3) is 4.54. The van der Waals surface area contributed by atoms with Gasteiger partial charge in [-0.15, -0.1) is 0 Å². The Morgan fingerprint density at radius 1 is 1.46 bits per heavy atom. The topological polar surface area (TPSA) is 97.3 Å². The van der Waals surface area contributed by atoms with Gasteiger partial charge in [-0.2, -0.15) is 0 Å². The quantitative estimate of drug-likeness (QED) is 0.680. The smallest absolute Gasteiger partial charge is 0.492 e. The van der Waals surface area contributed by atoms with Crippen molar-refractivity contribution in [1.29, 1.82) is 0 Å². The lowest BCUT2D eigenvalue weighted by atomic mass is 9.78. The monoisotopic (exact) mass is 357 g/mol. The summed E-state index contributed by atoms with van der Waals surface area (Å²) in [7, 11) is -1.22. The second-order valence-electron chi connectivity index (χ2n) is 6.30. The second-order valence-corrected chi connectivity index (χ2v) is 6.71. The van der Waals surface area contributed by atoms with Crippen molar-refractivity contribution in [3.8, 4) is 5.75 Å². The molecular formula is C15H21BClNO6. The van der Waals surface area contributed by atoms with E-state index < -0.39 is 24.9 Å². The molecule has 0 unspecified atom stereocenters. The Morgan fingerprint density at radius 3 is 2.79 bits per heavy atom. The van der Waals surface area contributed by atoms with Gasteiger partial charge in [0.2, 0.25) is 0 Å². The van der Waals surface area contributed by atoms with E-state index in [1.807, 2.05) is 0 Å².